The standard InChI is InChI=1S/C12H17N3O4/c1-19-9-12(16)5-2-6-14(8-12)10-3-4-11(13-7-10)15(17)18/h3-4,7,16H,2,5-6,8-9H2,1H3. The molecule has 1 atom stereocenters. The van der Waals surface area contributed by atoms with Gasteiger partial charge in [0.25, 0.3) is 0 Å². The highest BCUT2D eigenvalue weighted by Crippen LogP contribution is 2.26. The summed E-state index contributed by atoms with van der Waals surface area (Å²) >= 11 is 0. The third-order valence-corrected chi connectivity index (χ3v) is 3.25. The lowest BCUT2D eigenvalue weighted by molar-refractivity contribution is -0.389. The van der Waals surface area contributed by atoms with Crippen molar-refractivity contribution in [2.75, 3.05) is 31.7 Å². The highest BCUT2D eigenvalue weighted by Gasteiger charge is 2.33. The Labute approximate surface area is 111 Å². The molecular formula is C12H17N3O4. The SMILES string of the molecule is COCC1(O)CCCN(c2ccc([N+](=O)[O-])nc2)C1. The molecule has 0 radical (unpaired) electrons. The Hall–Kier alpha value is -1.73. The zero-order chi connectivity index (χ0) is 13.9. The van der Waals surface area contributed by atoms with Crippen LogP contribution in [0, 0.1) is 10.1 Å². The van der Waals surface area contributed by atoms with Gasteiger partial charge >= 0.3 is 5.82 Å². The summed E-state index contributed by atoms with van der Waals surface area (Å²) in [7, 11) is 1.56. The number of methoxy groups -OCH3 is 1. The lowest BCUT2D eigenvalue weighted by Crippen LogP contribution is -2.51. The molecule has 0 saturated carbocycles. The lowest BCUT2D eigenvalue weighted by atomic mass is 9.93. The normalized spacial score (nSPS) is 23.4. The van der Waals surface area contributed by atoms with Gasteiger partial charge in [0.15, 0.2) is 6.20 Å². The molecule has 2 rings (SSSR count). The van der Waals surface area contributed by atoms with Crippen LogP contribution in [0.15, 0.2) is 18.3 Å². The number of aromatic nitrogens is 1. The predicted molar refractivity (Wildman–Crippen MR) is 69.2 cm³/mol. The van der Waals surface area contributed by atoms with Crippen LogP contribution in [0.2, 0.25) is 0 Å². The van der Waals surface area contributed by atoms with Crippen molar-refractivity contribution in [3.05, 3.63) is 28.4 Å². The van der Waals surface area contributed by atoms with E-state index in [1.165, 1.54) is 12.3 Å². The van der Waals surface area contributed by atoms with Gasteiger partial charge in [0.1, 0.15) is 5.60 Å². The third-order valence-electron chi connectivity index (χ3n) is 3.25. The van der Waals surface area contributed by atoms with E-state index in [1.54, 1.807) is 13.2 Å². The second-order valence-electron chi connectivity index (χ2n) is 4.81. The third kappa shape index (κ3) is 3.18. The molecule has 0 spiro atoms. The first-order valence-electron chi connectivity index (χ1n) is 6.11. The highest BCUT2D eigenvalue weighted by molar-refractivity contribution is 5.47. The number of nitro groups is 1. The van der Waals surface area contributed by atoms with Crippen LogP contribution in [0.1, 0.15) is 12.8 Å². The van der Waals surface area contributed by atoms with Crippen LogP contribution in [0.4, 0.5) is 11.5 Å². The second-order valence-corrected chi connectivity index (χ2v) is 4.81. The average Bonchev–Trinajstić information content (AvgIpc) is 2.39. The van der Waals surface area contributed by atoms with E-state index in [9.17, 15) is 15.2 Å². The van der Waals surface area contributed by atoms with Gasteiger partial charge in [0.05, 0.1) is 12.3 Å². The number of hydrogen-bond acceptors (Lipinski definition) is 6. The van der Waals surface area contributed by atoms with Crippen molar-refractivity contribution in [3.63, 3.8) is 0 Å². The summed E-state index contributed by atoms with van der Waals surface area (Å²) in [4.78, 5) is 15.8. The number of aliphatic hydroxyl groups is 1. The summed E-state index contributed by atoms with van der Waals surface area (Å²) in [6, 6.07) is 3.03. The van der Waals surface area contributed by atoms with Crippen molar-refractivity contribution in [1.82, 2.24) is 4.98 Å². The summed E-state index contributed by atoms with van der Waals surface area (Å²) in [5.74, 6) is -0.173. The quantitative estimate of drug-likeness (QED) is 0.646. The molecule has 1 aromatic heterocycles. The summed E-state index contributed by atoms with van der Waals surface area (Å²) in [6.45, 7) is 1.52. The van der Waals surface area contributed by atoms with E-state index in [1.807, 2.05) is 4.90 Å². The van der Waals surface area contributed by atoms with E-state index in [-0.39, 0.29) is 12.4 Å². The van der Waals surface area contributed by atoms with Crippen molar-refractivity contribution >= 4 is 11.5 Å². The molecule has 0 aromatic carbocycles. The predicted octanol–water partition coefficient (Wildman–Crippen LogP) is 0.968. The fourth-order valence-electron chi connectivity index (χ4n) is 2.39. The number of anilines is 1. The lowest BCUT2D eigenvalue weighted by Gasteiger charge is -2.39. The summed E-state index contributed by atoms with van der Waals surface area (Å²) in [5.41, 5.74) is -0.0887. The molecule has 104 valence electrons. The van der Waals surface area contributed by atoms with E-state index < -0.39 is 10.5 Å². The Balaban J connectivity index is 2.10. The minimum absolute atomic E-state index is 0.173. The molecular weight excluding hydrogens is 250 g/mol. The molecule has 0 aliphatic carbocycles. The van der Waals surface area contributed by atoms with Crippen molar-refractivity contribution in [2.45, 2.75) is 18.4 Å². The Morgan fingerprint density at radius 1 is 1.63 bits per heavy atom. The van der Waals surface area contributed by atoms with Gasteiger partial charge < -0.3 is 24.9 Å². The maximum absolute atomic E-state index is 10.5. The molecule has 1 aromatic rings. The van der Waals surface area contributed by atoms with Gasteiger partial charge in [-0.25, -0.2) is 0 Å². The van der Waals surface area contributed by atoms with Gasteiger partial charge in [0.2, 0.25) is 0 Å². The Bertz CT molecular complexity index is 447. The van der Waals surface area contributed by atoms with Crippen LogP contribution in [-0.4, -0.2) is 47.4 Å². The van der Waals surface area contributed by atoms with Gasteiger partial charge in [-0.2, -0.15) is 0 Å². The maximum atomic E-state index is 10.5. The minimum Gasteiger partial charge on any atom is -0.386 e. The van der Waals surface area contributed by atoms with Crippen LogP contribution in [-0.2, 0) is 4.74 Å². The van der Waals surface area contributed by atoms with Crippen molar-refractivity contribution in [2.24, 2.45) is 0 Å². The molecule has 1 fully saturated rings. The van der Waals surface area contributed by atoms with Crippen molar-refractivity contribution < 1.29 is 14.8 Å². The second kappa shape index (κ2) is 5.50. The van der Waals surface area contributed by atoms with Gasteiger partial charge in [-0.1, -0.05) is 0 Å². The monoisotopic (exact) mass is 267 g/mol. The van der Waals surface area contributed by atoms with Gasteiger partial charge in [0, 0.05) is 26.3 Å². The van der Waals surface area contributed by atoms with Crippen LogP contribution in [0.3, 0.4) is 0 Å². The average molecular weight is 267 g/mol. The Morgan fingerprint density at radius 2 is 2.42 bits per heavy atom. The number of hydrogen-bond donors (Lipinski definition) is 1. The van der Waals surface area contributed by atoms with Gasteiger partial charge in [-0.15, -0.1) is 0 Å². The summed E-state index contributed by atoms with van der Waals surface area (Å²) in [6.07, 6.45) is 3.01. The molecule has 19 heavy (non-hydrogen) atoms. The fraction of sp³-hybridized carbons (Fsp3) is 0.583. The molecule has 1 aliphatic heterocycles. The molecule has 0 amide bonds. The smallest absolute Gasteiger partial charge is 0.363 e. The molecule has 1 N–H and O–H groups in total. The highest BCUT2D eigenvalue weighted by atomic mass is 16.6. The number of pyridine rings is 1. The molecule has 2 heterocycles. The minimum atomic E-state index is -0.866. The Kier molecular flexibility index (Phi) is 3.96. The molecule has 1 aliphatic rings. The molecule has 1 unspecified atom stereocenters. The maximum Gasteiger partial charge on any atom is 0.363 e. The summed E-state index contributed by atoms with van der Waals surface area (Å²) < 4.78 is 5.04. The summed E-state index contributed by atoms with van der Waals surface area (Å²) in [5, 5.41) is 20.9. The molecule has 0 bridgehead atoms. The molecule has 7 heteroatoms. The van der Waals surface area contributed by atoms with E-state index in [4.69, 9.17) is 4.74 Å². The first kappa shape index (κ1) is 13.7. The number of nitrogens with zero attached hydrogens (tertiary/aromatic N) is 3. The number of rotatable bonds is 4. The number of piperidine rings is 1. The van der Waals surface area contributed by atoms with Crippen LogP contribution >= 0.6 is 0 Å². The van der Waals surface area contributed by atoms with Crippen molar-refractivity contribution in [1.29, 1.82) is 0 Å². The first-order chi connectivity index (χ1) is 9.04. The largest absolute Gasteiger partial charge is 0.386 e. The van der Waals surface area contributed by atoms with Crippen LogP contribution < -0.4 is 4.90 Å². The van der Waals surface area contributed by atoms with E-state index in [0.717, 1.165) is 18.7 Å². The van der Waals surface area contributed by atoms with E-state index in [0.29, 0.717) is 13.0 Å². The topological polar surface area (TPSA) is 88.7 Å². The van der Waals surface area contributed by atoms with Crippen molar-refractivity contribution in [3.8, 4) is 0 Å². The zero-order valence-electron chi connectivity index (χ0n) is 10.8. The first-order valence-corrected chi connectivity index (χ1v) is 6.11. The van der Waals surface area contributed by atoms with Crippen LogP contribution in [0.5, 0.6) is 0 Å². The van der Waals surface area contributed by atoms with Gasteiger partial charge in [-0.3, -0.25) is 0 Å². The van der Waals surface area contributed by atoms with E-state index >= 15 is 0 Å². The Morgan fingerprint density at radius 3 is 3.00 bits per heavy atom. The molecule has 7 nitrogen and oxygen atoms in total. The zero-order valence-corrected chi connectivity index (χ0v) is 10.8. The fourth-order valence-corrected chi connectivity index (χ4v) is 2.39. The van der Waals surface area contributed by atoms with Crippen LogP contribution in [0.25, 0.3) is 0 Å². The molecule has 1 saturated heterocycles. The van der Waals surface area contributed by atoms with E-state index in [2.05, 4.69) is 4.98 Å². The number of β-amino-alcohol motifs (C(OH)–C–C–N with tert-alkyl or cyclic N) is 1. The number of ether oxygens (including phenoxy) is 1. The van der Waals surface area contributed by atoms with Gasteiger partial charge in [-0.05, 0) is 28.8 Å².